The van der Waals surface area contributed by atoms with Gasteiger partial charge in [-0.25, -0.2) is 0 Å². The number of hydrogen-bond donors (Lipinski definition) is 2. The first kappa shape index (κ1) is 16.0. The van der Waals surface area contributed by atoms with Gasteiger partial charge in [0.05, 0.1) is 11.5 Å². The lowest BCUT2D eigenvalue weighted by Gasteiger charge is -2.30. The van der Waals surface area contributed by atoms with Crippen molar-refractivity contribution in [1.82, 2.24) is 10.2 Å². The van der Waals surface area contributed by atoms with Crippen LogP contribution in [0.25, 0.3) is 0 Å². The first-order valence-electron chi connectivity index (χ1n) is 8.35. The van der Waals surface area contributed by atoms with E-state index in [1.165, 1.54) is 0 Å². The molecule has 0 bridgehead atoms. The molecule has 1 aromatic carbocycles. The highest BCUT2D eigenvalue weighted by atomic mass is 16.2. The summed E-state index contributed by atoms with van der Waals surface area (Å²) < 4.78 is 0. The molecular weight excluding hydrogens is 290 g/mol. The molecule has 1 saturated heterocycles. The molecule has 2 unspecified atom stereocenters. The van der Waals surface area contributed by atoms with Crippen molar-refractivity contribution in [3.8, 4) is 0 Å². The predicted octanol–water partition coefficient (Wildman–Crippen LogP) is 1.28. The fourth-order valence-electron chi connectivity index (χ4n) is 3.33. The van der Waals surface area contributed by atoms with Crippen LogP contribution in [0.2, 0.25) is 0 Å². The molecule has 5 heteroatoms. The minimum Gasteiger partial charge on any atom is -0.349 e. The third-order valence-electron chi connectivity index (χ3n) is 5.11. The predicted molar refractivity (Wildman–Crippen MR) is 88.3 cm³/mol. The molecule has 1 aliphatic carbocycles. The summed E-state index contributed by atoms with van der Waals surface area (Å²) in [4.78, 5) is 26.5. The van der Waals surface area contributed by atoms with Gasteiger partial charge in [-0.15, -0.1) is 0 Å². The number of nitrogens with two attached hydrogens (primary N) is 1. The van der Waals surface area contributed by atoms with Gasteiger partial charge in [0.15, 0.2) is 0 Å². The van der Waals surface area contributed by atoms with Crippen LogP contribution in [0, 0.1) is 11.8 Å². The molecule has 23 heavy (non-hydrogen) atoms. The Balaban J connectivity index is 1.59. The highest BCUT2D eigenvalue weighted by molar-refractivity contribution is 5.89. The van der Waals surface area contributed by atoms with E-state index >= 15 is 0 Å². The van der Waals surface area contributed by atoms with Gasteiger partial charge in [-0.2, -0.15) is 0 Å². The number of likely N-dealkylation sites (tertiary alicyclic amines) is 1. The van der Waals surface area contributed by atoms with E-state index in [2.05, 4.69) is 5.32 Å². The standard InChI is InChI=1S/C18H25N3O2/c1-18(12-19,15-7-8-15)20-17(23)14-9-16(22)21(11-14)10-13-5-3-2-4-6-13/h2-6,14-15H,7-12,19H2,1H3,(H,20,23). The molecule has 0 spiro atoms. The minimum absolute atomic E-state index is 0.0336. The summed E-state index contributed by atoms with van der Waals surface area (Å²) in [5.74, 6) is 0.230. The molecule has 124 valence electrons. The van der Waals surface area contributed by atoms with Crippen LogP contribution in [0.4, 0.5) is 0 Å². The van der Waals surface area contributed by atoms with E-state index in [-0.39, 0.29) is 23.3 Å². The van der Waals surface area contributed by atoms with E-state index in [4.69, 9.17) is 5.73 Å². The lowest BCUT2D eigenvalue weighted by molar-refractivity contribution is -0.129. The fourth-order valence-corrected chi connectivity index (χ4v) is 3.33. The van der Waals surface area contributed by atoms with Gasteiger partial charge in [0.25, 0.3) is 0 Å². The van der Waals surface area contributed by atoms with Gasteiger partial charge in [-0.3, -0.25) is 9.59 Å². The van der Waals surface area contributed by atoms with Gasteiger partial charge < -0.3 is 16.0 Å². The lowest BCUT2D eigenvalue weighted by atomic mass is 9.94. The molecule has 0 radical (unpaired) electrons. The molecule has 0 aromatic heterocycles. The molecule has 1 heterocycles. The maximum atomic E-state index is 12.6. The molecule has 1 aliphatic heterocycles. The molecule has 2 atom stereocenters. The highest BCUT2D eigenvalue weighted by Gasteiger charge is 2.44. The smallest absolute Gasteiger partial charge is 0.225 e. The van der Waals surface area contributed by atoms with Crippen LogP contribution in [-0.2, 0) is 16.1 Å². The lowest BCUT2D eigenvalue weighted by Crippen LogP contribution is -2.54. The zero-order valence-electron chi connectivity index (χ0n) is 13.6. The monoisotopic (exact) mass is 315 g/mol. The van der Waals surface area contributed by atoms with E-state index in [1.807, 2.05) is 37.3 Å². The normalized spacial score (nSPS) is 23.7. The minimum atomic E-state index is -0.326. The second kappa shape index (κ2) is 6.32. The Morgan fingerprint density at radius 1 is 1.35 bits per heavy atom. The van der Waals surface area contributed by atoms with E-state index in [0.29, 0.717) is 32.0 Å². The van der Waals surface area contributed by atoms with Crippen LogP contribution in [0.3, 0.4) is 0 Å². The van der Waals surface area contributed by atoms with E-state index in [1.54, 1.807) is 4.90 Å². The molecule has 2 aliphatic rings. The number of amides is 2. The summed E-state index contributed by atoms with van der Waals surface area (Å²) >= 11 is 0. The van der Waals surface area contributed by atoms with Crippen LogP contribution >= 0.6 is 0 Å². The van der Waals surface area contributed by atoms with E-state index < -0.39 is 0 Å². The van der Waals surface area contributed by atoms with Crippen molar-refractivity contribution in [2.45, 2.75) is 38.3 Å². The average Bonchev–Trinajstić information content (AvgIpc) is 3.34. The summed E-state index contributed by atoms with van der Waals surface area (Å²) in [5.41, 5.74) is 6.62. The number of carbonyl (C=O) groups is 2. The van der Waals surface area contributed by atoms with Gasteiger partial charge in [0.2, 0.25) is 11.8 Å². The van der Waals surface area contributed by atoms with Crippen molar-refractivity contribution in [1.29, 1.82) is 0 Å². The van der Waals surface area contributed by atoms with Gasteiger partial charge in [-0.05, 0) is 31.2 Å². The maximum absolute atomic E-state index is 12.6. The van der Waals surface area contributed by atoms with Crippen LogP contribution in [0.15, 0.2) is 30.3 Å². The number of rotatable bonds is 6. The van der Waals surface area contributed by atoms with Crippen molar-refractivity contribution < 1.29 is 9.59 Å². The maximum Gasteiger partial charge on any atom is 0.225 e. The summed E-state index contributed by atoms with van der Waals surface area (Å²) in [6.07, 6.45) is 2.54. The summed E-state index contributed by atoms with van der Waals surface area (Å²) in [6, 6.07) is 9.88. The summed E-state index contributed by atoms with van der Waals surface area (Å²) in [7, 11) is 0. The largest absolute Gasteiger partial charge is 0.349 e. The van der Waals surface area contributed by atoms with Gasteiger partial charge in [-0.1, -0.05) is 30.3 Å². The van der Waals surface area contributed by atoms with E-state index in [9.17, 15) is 9.59 Å². The van der Waals surface area contributed by atoms with Crippen molar-refractivity contribution in [3.63, 3.8) is 0 Å². The number of nitrogens with zero attached hydrogens (tertiary/aromatic N) is 1. The van der Waals surface area contributed by atoms with Gasteiger partial charge in [0, 0.05) is 26.1 Å². The average molecular weight is 315 g/mol. The van der Waals surface area contributed by atoms with Crippen molar-refractivity contribution in [3.05, 3.63) is 35.9 Å². The molecule has 1 aromatic rings. The first-order valence-corrected chi connectivity index (χ1v) is 8.35. The third-order valence-corrected chi connectivity index (χ3v) is 5.11. The first-order chi connectivity index (χ1) is 11.0. The number of nitrogens with one attached hydrogen (secondary N) is 1. The number of carbonyl (C=O) groups excluding carboxylic acids is 2. The van der Waals surface area contributed by atoms with E-state index in [0.717, 1.165) is 18.4 Å². The Hall–Kier alpha value is -1.88. The van der Waals surface area contributed by atoms with Gasteiger partial charge >= 0.3 is 0 Å². The molecular formula is C18H25N3O2. The topological polar surface area (TPSA) is 75.4 Å². The molecule has 5 nitrogen and oxygen atoms in total. The quantitative estimate of drug-likeness (QED) is 0.830. The zero-order valence-corrected chi connectivity index (χ0v) is 13.6. The molecule has 2 fully saturated rings. The van der Waals surface area contributed by atoms with Crippen LogP contribution in [-0.4, -0.2) is 35.3 Å². The second-order valence-electron chi connectivity index (χ2n) is 7.05. The highest BCUT2D eigenvalue weighted by Crippen LogP contribution is 2.39. The Morgan fingerprint density at radius 3 is 2.65 bits per heavy atom. The molecule has 2 amide bonds. The van der Waals surface area contributed by atoms with Crippen molar-refractivity contribution >= 4 is 11.8 Å². The number of hydrogen-bond acceptors (Lipinski definition) is 3. The summed E-state index contributed by atoms with van der Waals surface area (Å²) in [6.45, 7) is 3.52. The third kappa shape index (κ3) is 3.55. The Labute approximate surface area is 137 Å². The SMILES string of the molecule is CC(CN)(NC(=O)C1CC(=O)N(Cc2ccccc2)C1)C1CC1. The van der Waals surface area contributed by atoms with Crippen molar-refractivity contribution in [2.24, 2.45) is 17.6 Å². The Kier molecular flexibility index (Phi) is 4.39. The van der Waals surface area contributed by atoms with Gasteiger partial charge in [0.1, 0.15) is 0 Å². The fraction of sp³-hybridized carbons (Fsp3) is 0.556. The Morgan fingerprint density at radius 2 is 2.04 bits per heavy atom. The van der Waals surface area contributed by atoms with Crippen LogP contribution in [0.1, 0.15) is 31.7 Å². The molecule has 1 saturated carbocycles. The molecule has 3 rings (SSSR count). The van der Waals surface area contributed by atoms with Crippen LogP contribution < -0.4 is 11.1 Å². The molecule has 3 N–H and O–H groups in total. The number of benzene rings is 1. The second-order valence-corrected chi connectivity index (χ2v) is 7.05. The van der Waals surface area contributed by atoms with Crippen LogP contribution in [0.5, 0.6) is 0 Å². The van der Waals surface area contributed by atoms with Crippen molar-refractivity contribution in [2.75, 3.05) is 13.1 Å². The summed E-state index contributed by atoms with van der Waals surface area (Å²) in [5, 5.41) is 3.11. The zero-order chi connectivity index (χ0) is 16.4. The Bertz CT molecular complexity index is 585.